The normalized spacial score (nSPS) is 22.2. The zero-order valence-electron chi connectivity index (χ0n) is 12.7. The number of hydrogen-bond donors (Lipinski definition) is 2. The van der Waals surface area contributed by atoms with E-state index in [4.69, 9.17) is 17.0 Å². The van der Waals surface area contributed by atoms with E-state index < -0.39 is 11.9 Å². The number of Topliss-reactive ketones (excluding diaryl/α,β-unsaturated/α-hetero) is 1. The summed E-state index contributed by atoms with van der Waals surface area (Å²) in [6.07, 6.45) is 0.613. The minimum atomic E-state index is -0.898. The fraction of sp³-hybridized carbons (Fsp3) is 0.438. The van der Waals surface area contributed by atoms with E-state index in [0.29, 0.717) is 17.1 Å². The number of rotatable bonds is 5. The first-order valence-corrected chi connectivity index (χ1v) is 7.76. The van der Waals surface area contributed by atoms with Crippen LogP contribution in [0.2, 0.25) is 0 Å². The lowest BCUT2D eigenvalue weighted by atomic mass is 9.86. The third-order valence-electron chi connectivity index (χ3n) is 3.59. The first-order valence-electron chi connectivity index (χ1n) is 7.35. The molecule has 1 aliphatic rings. The number of ether oxygens (including phenoxy) is 1. The Morgan fingerprint density at radius 1 is 1.32 bits per heavy atom. The number of thiocarbonyl (C=S) groups is 1. The van der Waals surface area contributed by atoms with Crippen LogP contribution in [0.15, 0.2) is 30.3 Å². The Morgan fingerprint density at radius 3 is 2.59 bits per heavy atom. The zero-order chi connectivity index (χ0) is 16.1. The van der Waals surface area contributed by atoms with Gasteiger partial charge in [-0.3, -0.25) is 9.59 Å². The molecule has 1 saturated heterocycles. The molecule has 118 valence electrons. The van der Waals surface area contributed by atoms with Gasteiger partial charge in [0.15, 0.2) is 10.9 Å². The van der Waals surface area contributed by atoms with Gasteiger partial charge >= 0.3 is 5.97 Å². The Balaban J connectivity index is 2.28. The maximum absolute atomic E-state index is 12.8. The van der Waals surface area contributed by atoms with Crippen LogP contribution in [-0.2, 0) is 9.53 Å². The molecule has 0 bridgehead atoms. The number of ketones is 1. The van der Waals surface area contributed by atoms with Gasteiger partial charge in [-0.05, 0) is 32.5 Å². The maximum Gasteiger partial charge on any atom is 0.318 e. The molecular formula is C16H20N2O3S. The molecule has 0 spiro atoms. The molecule has 1 aliphatic heterocycles. The number of nitrogens with one attached hydrogen (secondary N) is 2. The predicted molar refractivity (Wildman–Crippen MR) is 87.6 cm³/mol. The number of hydrogen-bond acceptors (Lipinski definition) is 4. The smallest absolute Gasteiger partial charge is 0.318 e. The third-order valence-corrected chi connectivity index (χ3v) is 3.82. The zero-order valence-corrected chi connectivity index (χ0v) is 13.5. The van der Waals surface area contributed by atoms with Gasteiger partial charge in [-0.1, -0.05) is 30.3 Å². The fourth-order valence-electron chi connectivity index (χ4n) is 2.62. The molecule has 0 unspecified atom stereocenters. The molecule has 2 N–H and O–H groups in total. The van der Waals surface area contributed by atoms with Crippen molar-refractivity contribution in [1.82, 2.24) is 10.6 Å². The molecule has 1 fully saturated rings. The van der Waals surface area contributed by atoms with Crippen LogP contribution in [0.4, 0.5) is 0 Å². The standard InChI is InChI=1S/C16H20N2O3S/c1-3-21-15(20)13(12-9-10(2)17-16(22)18-12)14(19)11-7-5-4-6-8-11/h4-8,10,12-13H,3,9H2,1-2H3,(H2,17,18,22)/t10-,12+,13+/m0/s1. The average Bonchev–Trinajstić information content (AvgIpc) is 2.47. The molecule has 0 aliphatic carbocycles. The molecule has 3 atom stereocenters. The number of benzene rings is 1. The topological polar surface area (TPSA) is 67.4 Å². The molecule has 0 amide bonds. The molecule has 2 rings (SSSR count). The van der Waals surface area contributed by atoms with Crippen molar-refractivity contribution in [2.75, 3.05) is 6.61 Å². The van der Waals surface area contributed by atoms with Crippen LogP contribution in [0.1, 0.15) is 30.6 Å². The van der Waals surface area contributed by atoms with Gasteiger partial charge in [0.1, 0.15) is 5.92 Å². The van der Waals surface area contributed by atoms with Crippen LogP contribution in [0.5, 0.6) is 0 Å². The Labute approximate surface area is 135 Å². The van der Waals surface area contributed by atoms with Crippen molar-refractivity contribution in [1.29, 1.82) is 0 Å². The number of carbonyl (C=O) groups is 2. The monoisotopic (exact) mass is 320 g/mol. The van der Waals surface area contributed by atoms with E-state index in [0.717, 1.165) is 0 Å². The second kappa shape index (κ2) is 7.35. The Kier molecular flexibility index (Phi) is 5.49. The van der Waals surface area contributed by atoms with Crippen molar-refractivity contribution in [3.05, 3.63) is 35.9 Å². The van der Waals surface area contributed by atoms with E-state index in [1.54, 1.807) is 31.2 Å². The molecule has 1 aromatic rings. The predicted octanol–water partition coefficient (Wildman–Crippen LogP) is 1.67. The molecule has 6 heteroatoms. The van der Waals surface area contributed by atoms with Crippen LogP contribution < -0.4 is 10.6 Å². The van der Waals surface area contributed by atoms with Crippen LogP contribution in [0, 0.1) is 5.92 Å². The van der Waals surface area contributed by atoms with Crippen LogP contribution >= 0.6 is 12.2 Å². The molecule has 0 aromatic heterocycles. The van der Waals surface area contributed by atoms with Gasteiger partial charge in [0.05, 0.1) is 12.6 Å². The van der Waals surface area contributed by atoms with Crippen molar-refractivity contribution in [2.45, 2.75) is 32.4 Å². The molecule has 0 saturated carbocycles. The lowest BCUT2D eigenvalue weighted by molar-refractivity contribution is -0.147. The van der Waals surface area contributed by atoms with E-state index in [1.807, 2.05) is 13.0 Å². The molecule has 0 radical (unpaired) electrons. The summed E-state index contributed by atoms with van der Waals surface area (Å²) in [6, 6.07) is 8.52. The van der Waals surface area contributed by atoms with Crippen LogP contribution in [-0.4, -0.2) is 35.6 Å². The Morgan fingerprint density at radius 2 is 2.00 bits per heavy atom. The highest BCUT2D eigenvalue weighted by atomic mass is 32.1. The van der Waals surface area contributed by atoms with Crippen molar-refractivity contribution < 1.29 is 14.3 Å². The van der Waals surface area contributed by atoms with Gasteiger partial charge < -0.3 is 15.4 Å². The first-order chi connectivity index (χ1) is 10.5. The van der Waals surface area contributed by atoms with Crippen molar-refractivity contribution in [2.24, 2.45) is 5.92 Å². The summed E-state index contributed by atoms with van der Waals surface area (Å²) in [5, 5.41) is 6.56. The summed E-state index contributed by atoms with van der Waals surface area (Å²) >= 11 is 5.15. The second-order valence-electron chi connectivity index (χ2n) is 5.32. The highest BCUT2D eigenvalue weighted by molar-refractivity contribution is 7.80. The Hall–Kier alpha value is -1.95. The van der Waals surface area contributed by atoms with Gasteiger partial charge in [-0.15, -0.1) is 0 Å². The lowest BCUT2D eigenvalue weighted by Crippen LogP contribution is -2.58. The van der Waals surface area contributed by atoms with Crippen LogP contribution in [0.25, 0.3) is 0 Å². The number of carbonyl (C=O) groups excluding carboxylic acids is 2. The summed E-state index contributed by atoms with van der Waals surface area (Å²) in [6.45, 7) is 3.93. The summed E-state index contributed by atoms with van der Waals surface area (Å²) in [4.78, 5) is 25.1. The average molecular weight is 320 g/mol. The summed E-state index contributed by atoms with van der Waals surface area (Å²) < 4.78 is 5.11. The largest absolute Gasteiger partial charge is 0.465 e. The molecule has 22 heavy (non-hydrogen) atoms. The van der Waals surface area contributed by atoms with Gasteiger partial charge in [0, 0.05) is 11.6 Å². The van der Waals surface area contributed by atoms with E-state index in [-0.39, 0.29) is 24.5 Å². The molecule has 5 nitrogen and oxygen atoms in total. The SMILES string of the molecule is CCOC(=O)[C@@H](C(=O)c1ccccc1)[C@H]1C[C@H](C)NC(=S)N1. The van der Waals surface area contributed by atoms with E-state index >= 15 is 0 Å². The lowest BCUT2D eigenvalue weighted by Gasteiger charge is -2.34. The maximum atomic E-state index is 12.8. The van der Waals surface area contributed by atoms with Gasteiger partial charge in [-0.2, -0.15) is 0 Å². The second-order valence-corrected chi connectivity index (χ2v) is 5.73. The minimum Gasteiger partial charge on any atom is -0.465 e. The van der Waals surface area contributed by atoms with Gasteiger partial charge in [0.2, 0.25) is 0 Å². The molecule has 1 aromatic carbocycles. The minimum absolute atomic E-state index is 0.0965. The summed E-state index contributed by atoms with van der Waals surface area (Å²) in [5.41, 5.74) is 0.499. The van der Waals surface area contributed by atoms with E-state index in [2.05, 4.69) is 10.6 Å². The number of esters is 1. The summed E-state index contributed by atoms with van der Waals surface area (Å²) in [5.74, 6) is -1.65. The van der Waals surface area contributed by atoms with E-state index in [1.165, 1.54) is 0 Å². The third kappa shape index (κ3) is 3.82. The highest BCUT2D eigenvalue weighted by Crippen LogP contribution is 2.20. The summed E-state index contributed by atoms with van der Waals surface area (Å²) in [7, 11) is 0. The van der Waals surface area contributed by atoms with Gasteiger partial charge in [0.25, 0.3) is 0 Å². The Bertz CT molecular complexity index is 562. The van der Waals surface area contributed by atoms with E-state index in [9.17, 15) is 9.59 Å². The van der Waals surface area contributed by atoms with Crippen molar-refractivity contribution >= 4 is 29.1 Å². The molecule has 1 heterocycles. The van der Waals surface area contributed by atoms with Crippen molar-refractivity contribution in [3.63, 3.8) is 0 Å². The quantitative estimate of drug-likeness (QED) is 0.372. The first kappa shape index (κ1) is 16.4. The highest BCUT2D eigenvalue weighted by Gasteiger charge is 2.39. The van der Waals surface area contributed by atoms with Crippen molar-refractivity contribution in [3.8, 4) is 0 Å². The molecular weight excluding hydrogens is 300 g/mol. The van der Waals surface area contributed by atoms with Crippen LogP contribution in [0.3, 0.4) is 0 Å². The van der Waals surface area contributed by atoms with Gasteiger partial charge in [-0.25, -0.2) is 0 Å². The fourth-order valence-corrected chi connectivity index (χ4v) is 2.97.